The molecule has 22 heavy (non-hydrogen) atoms. The summed E-state index contributed by atoms with van der Waals surface area (Å²) in [5.74, 6) is 0.299. The molecule has 3 aliphatic rings. The Hall–Kier alpha value is -1.67. The van der Waals surface area contributed by atoms with Gasteiger partial charge in [-0.15, -0.1) is 4.40 Å². The van der Waals surface area contributed by atoms with Crippen molar-refractivity contribution in [3.8, 4) is 0 Å². The number of hydrogen-bond acceptors (Lipinski definition) is 5. The predicted octanol–water partition coefficient (Wildman–Crippen LogP) is -0.176. The fourth-order valence-corrected chi connectivity index (χ4v) is 3.98. The first-order valence-corrected chi connectivity index (χ1v) is 9.11. The van der Waals surface area contributed by atoms with E-state index in [9.17, 15) is 13.2 Å². The summed E-state index contributed by atoms with van der Waals surface area (Å²) in [7, 11) is -3.37. The minimum absolute atomic E-state index is 0.0303. The molecule has 1 unspecified atom stereocenters. The van der Waals surface area contributed by atoms with Gasteiger partial charge in [0, 0.05) is 31.9 Å². The van der Waals surface area contributed by atoms with Crippen LogP contribution in [0.2, 0.25) is 0 Å². The van der Waals surface area contributed by atoms with E-state index in [1.807, 2.05) is 4.90 Å². The minimum atomic E-state index is -3.37. The van der Waals surface area contributed by atoms with Gasteiger partial charge in [0.05, 0.1) is 11.3 Å². The Morgan fingerprint density at radius 1 is 1.32 bits per heavy atom. The number of nitrogens with two attached hydrogens (primary N) is 1. The van der Waals surface area contributed by atoms with Crippen LogP contribution in [0.1, 0.15) is 19.3 Å². The third-order valence-electron chi connectivity index (χ3n) is 4.23. The van der Waals surface area contributed by atoms with E-state index in [2.05, 4.69) is 4.40 Å². The van der Waals surface area contributed by atoms with Gasteiger partial charge < -0.3 is 15.5 Å². The number of carbonyl (C=O) groups is 1. The molecule has 1 amide bonds. The summed E-state index contributed by atoms with van der Waals surface area (Å²) in [6.45, 7) is 1.52. The lowest BCUT2D eigenvalue weighted by atomic mass is 10.0. The van der Waals surface area contributed by atoms with Crippen molar-refractivity contribution in [3.05, 3.63) is 23.9 Å². The highest BCUT2D eigenvalue weighted by molar-refractivity contribution is 7.90. The fraction of sp³-hybridized carbons (Fsp3) is 0.571. The minimum Gasteiger partial charge on any atom is -0.334 e. The third-order valence-corrected chi connectivity index (χ3v) is 5.39. The lowest BCUT2D eigenvalue weighted by molar-refractivity contribution is -0.130. The Morgan fingerprint density at radius 2 is 2.14 bits per heavy atom. The molecule has 3 aliphatic heterocycles. The van der Waals surface area contributed by atoms with E-state index in [4.69, 9.17) is 5.73 Å². The van der Waals surface area contributed by atoms with Gasteiger partial charge in [0.15, 0.2) is 0 Å². The highest BCUT2D eigenvalue weighted by Crippen LogP contribution is 2.22. The largest absolute Gasteiger partial charge is 0.334 e. The summed E-state index contributed by atoms with van der Waals surface area (Å²) in [6.07, 6.45) is 7.95. The van der Waals surface area contributed by atoms with Crippen LogP contribution in [0.3, 0.4) is 0 Å². The Labute approximate surface area is 130 Å². The van der Waals surface area contributed by atoms with Crippen molar-refractivity contribution in [2.45, 2.75) is 25.3 Å². The number of likely N-dealkylation sites (tertiary alicyclic amines) is 1. The van der Waals surface area contributed by atoms with Crippen LogP contribution >= 0.6 is 0 Å². The molecule has 0 spiro atoms. The van der Waals surface area contributed by atoms with Crippen LogP contribution in [-0.4, -0.2) is 61.4 Å². The van der Waals surface area contributed by atoms with Crippen molar-refractivity contribution >= 4 is 21.8 Å². The van der Waals surface area contributed by atoms with Gasteiger partial charge >= 0.3 is 0 Å². The van der Waals surface area contributed by atoms with Crippen molar-refractivity contribution in [2.75, 3.05) is 25.4 Å². The summed E-state index contributed by atoms with van der Waals surface area (Å²) in [4.78, 5) is 16.2. The summed E-state index contributed by atoms with van der Waals surface area (Å²) >= 11 is 0. The molecule has 3 heterocycles. The molecule has 0 aromatic heterocycles. The molecule has 1 atom stereocenters. The van der Waals surface area contributed by atoms with Crippen LogP contribution < -0.4 is 5.73 Å². The first-order valence-electron chi connectivity index (χ1n) is 7.50. The van der Waals surface area contributed by atoms with Gasteiger partial charge in [-0.2, -0.15) is 0 Å². The van der Waals surface area contributed by atoms with E-state index in [1.165, 1.54) is 0 Å². The van der Waals surface area contributed by atoms with Crippen molar-refractivity contribution in [2.24, 2.45) is 10.1 Å². The summed E-state index contributed by atoms with van der Waals surface area (Å²) < 4.78 is 26.7. The topological polar surface area (TPSA) is 96.1 Å². The SMILES string of the molecule is NCC1CCCCN1C(=O)C1=CN2CCS(=O)(=O)N=C2C=C1. The number of carbonyl (C=O) groups excluding carboxylic acids is 1. The Kier molecular flexibility index (Phi) is 4.05. The van der Waals surface area contributed by atoms with E-state index in [0.29, 0.717) is 24.5 Å². The van der Waals surface area contributed by atoms with Gasteiger partial charge in [-0.1, -0.05) is 0 Å². The molecular formula is C14H20N4O3S. The average Bonchev–Trinajstić information content (AvgIpc) is 2.53. The van der Waals surface area contributed by atoms with E-state index >= 15 is 0 Å². The molecule has 8 heteroatoms. The lowest BCUT2D eigenvalue weighted by Crippen LogP contribution is -2.48. The average molecular weight is 324 g/mol. The molecule has 0 aliphatic carbocycles. The molecule has 120 valence electrons. The maximum absolute atomic E-state index is 12.7. The molecule has 0 bridgehead atoms. The molecular weight excluding hydrogens is 304 g/mol. The van der Waals surface area contributed by atoms with Crippen LogP contribution in [0.25, 0.3) is 0 Å². The Balaban J connectivity index is 1.81. The molecule has 0 saturated carbocycles. The van der Waals surface area contributed by atoms with Gasteiger partial charge in [-0.05, 0) is 31.4 Å². The molecule has 0 aromatic carbocycles. The zero-order valence-corrected chi connectivity index (χ0v) is 13.1. The van der Waals surface area contributed by atoms with Crippen molar-refractivity contribution < 1.29 is 13.2 Å². The number of hydrogen-bond donors (Lipinski definition) is 1. The number of rotatable bonds is 2. The molecule has 1 saturated heterocycles. The number of amidine groups is 1. The van der Waals surface area contributed by atoms with E-state index in [0.717, 1.165) is 25.8 Å². The number of nitrogens with zero attached hydrogens (tertiary/aromatic N) is 3. The van der Waals surface area contributed by atoms with Gasteiger partial charge in [0.1, 0.15) is 5.84 Å². The molecule has 7 nitrogen and oxygen atoms in total. The van der Waals surface area contributed by atoms with Crippen LogP contribution in [-0.2, 0) is 14.8 Å². The summed E-state index contributed by atoms with van der Waals surface area (Å²) in [6, 6.07) is 0.0901. The molecule has 3 rings (SSSR count). The highest BCUT2D eigenvalue weighted by Gasteiger charge is 2.30. The zero-order chi connectivity index (χ0) is 15.7. The quantitative estimate of drug-likeness (QED) is 0.760. The molecule has 0 radical (unpaired) electrons. The van der Waals surface area contributed by atoms with Gasteiger partial charge in [-0.25, -0.2) is 8.42 Å². The number of amides is 1. The van der Waals surface area contributed by atoms with E-state index < -0.39 is 10.0 Å². The highest BCUT2D eigenvalue weighted by atomic mass is 32.2. The smallest absolute Gasteiger partial charge is 0.256 e. The first-order chi connectivity index (χ1) is 10.5. The number of fused-ring (bicyclic) bond motifs is 1. The van der Waals surface area contributed by atoms with Crippen molar-refractivity contribution in [1.82, 2.24) is 9.80 Å². The van der Waals surface area contributed by atoms with Gasteiger partial charge in [0.25, 0.3) is 15.9 Å². The normalized spacial score (nSPS) is 27.0. The second-order valence-electron chi connectivity index (χ2n) is 5.73. The van der Waals surface area contributed by atoms with Crippen molar-refractivity contribution in [3.63, 3.8) is 0 Å². The van der Waals surface area contributed by atoms with Crippen LogP contribution in [0.15, 0.2) is 28.3 Å². The third kappa shape index (κ3) is 2.93. The molecule has 0 aromatic rings. The van der Waals surface area contributed by atoms with Crippen LogP contribution in [0.5, 0.6) is 0 Å². The summed E-state index contributed by atoms with van der Waals surface area (Å²) in [5.41, 5.74) is 6.32. The zero-order valence-electron chi connectivity index (χ0n) is 12.3. The molecule has 1 fully saturated rings. The maximum Gasteiger partial charge on any atom is 0.256 e. The summed E-state index contributed by atoms with van der Waals surface area (Å²) in [5, 5.41) is 0. The predicted molar refractivity (Wildman–Crippen MR) is 83.6 cm³/mol. The standard InChI is InChI=1S/C14H20N4O3S/c15-9-12-3-1-2-6-18(12)14(19)11-4-5-13-16-22(20,21)8-7-17(13)10-11/h4-5,10,12H,1-3,6-9,15H2. The maximum atomic E-state index is 12.7. The molecule has 2 N–H and O–H groups in total. The van der Waals surface area contributed by atoms with E-state index in [-0.39, 0.29) is 17.7 Å². The second kappa shape index (κ2) is 5.85. The monoisotopic (exact) mass is 324 g/mol. The Morgan fingerprint density at radius 3 is 2.91 bits per heavy atom. The number of piperidine rings is 1. The Bertz CT molecular complexity index is 666. The van der Waals surface area contributed by atoms with E-state index in [1.54, 1.807) is 23.3 Å². The van der Waals surface area contributed by atoms with Crippen LogP contribution in [0.4, 0.5) is 0 Å². The first kappa shape index (κ1) is 15.2. The second-order valence-corrected chi connectivity index (χ2v) is 7.49. The fourth-order valence-electron chi connectivity index (χ4n) is 3.01. The van der Waals surface area contributed by atoms with Crippen LogP contribution in [0, 0.1) is 0 Å². The lowest BCUT2D eigenvalue weighted by Gasteiger charge is -2.36. The van der Waals surface area contributed by atoms with Gasteiger partial charge in [-0.3, -0.25) is 4.79 Å². The van der Waals surface area contributed by atoms with Crippen molar-refractivity contribution in [1.29, 1.82) is 0 Å². The van der Waals surface area contributed by atoms with Gasteiger partial charge in [0.2, 0.25) is 0 Å². The number of sulfonamides is 1.